The molecule has 1 unspecified atom stereocenters. The average Bonchev–Trinajstić information content (AvgIpc) is 3.46. The number of esters is 1. The van der Waals surface area contributed by atoms with E-state index in [2.05, 4.69) is 10.1 Å². The fourth-order valence-corrected chi connectivity index (χ4v) is 3.49. The van der Waals surface area contributed by atoms with E-state index in [0.29, 0.717) is 11.1 Å². The number of carboxylic acid groups (broad SMARTS) is 1. The second-order valence-corrected chi connectivity index (χ2v) is 7.16. The first-order valence-corrected chi connectivity index (χ1v) is 9.64. The number of urea groups is 1. The number of para-hydroxylation sites is 1. The highest BCUT2D eigenvalue weighted by Crippen LogP contribution is 2.28. The summed E-state index contributed by atoms with van der Waals surface area (Å²) < 4.78 is 11.5. The maximum absolute atomic E-state index is 12.8. The molecule has 3 amide bonds. The highest BCUT2D eigenvalue weighted by Gasteiger charge is 2.34. The zero-order chi connectivity index (χ0) is 23.0. The predicted octanol–water partition coefficient (Wildman–Crippen LogP) is 2.76. The van der Waals surface area contributed by atoms with Crippen LogP contribution in [0.3, 0.4) is 0 Å². The smallest absolute Gasteiger partial charge is 0.373 e. The van der Waals surface area contributed by atoms with Crippen LogP contribution in [0.15, 0.2) is 52.7 Å². The predicted molar refractivity (Wildman–Crippen MR) is 111 cm³/mol. The van der Waals surface area contributed by atoms with Crippen molar-refractivity contribution in [3.05, 3.63) is 65.4 Å². The largest absolute Gasteiger partial charge is 0.480 e. The fraction of sp³-hybridized carbons (Fsp3) is 0.182. The number of imide groups is 1. The van der Waals surface area contributed by atoms with Gasteiger partial charge in [0.05, 0.1) is 13.7 Å². The summed E-state index contributed by atoms with van der Waals surface area (Å²) in [6.45, 7) is 1.39. The molecule has 0 spiro atoms. The number of hydrogen-bond donors (Lipinski definition) is 2. The molecule has 1 aromatic carbocycles. The van der Waals surface area contributed by atoms with Crippen LogP contribution in [0.2, 0.25) is 0 Å². The summed E-state index contributed by atoms with van der Waals surface area (Å²) in [4.78, 5) is 49.2. The zero-order valence-corrected chi connectivity index (χ0v) is 17.2. The van der Waals surface area contributed by atoms with Gasteiger partial charge < -0.3 is 24.1 Å². The Kier molecular flexibility index (Phi) is 5.27. The van der Waals surface area contributed by atoms with Crippen LogP contribution in [0.4, 0.5) is 4.79 Å². The second-order valence-electron chi connectivity index (χ2n) is 7.16. The average molecular weight is 437 g/mol. The molecule has 10 heteroatoms. The Morgan fingerprint density at radius 1 is 1.22 bits per heavy atom. The number of hydrogen-bond acceptors (Lipinski definition) is 6. The Morgan fingerprint density at radius 3 is 2.69 bits per heavy atom. The maximum Gasteiger partial charge on any atom is 0.373 e. The van der Waals surface area contributed by atoms with Crippen LogP contribution in [0.5, 0.6) is 0 Å². The number of carboxylic acids is 1. The van der Waals surface area contributed by atoms with Gasteiger partial charge in [-0.15, -0.1) is 0 Å². The van der Waals surface area contributed by atoms with Crippen molar-refractivity contribution in [2.75, 3.05) is 7.11 Å². The number of methoxy groups -OCH3 is 1. The molecule has 0 radical (unpaired) electrons. The van der Waals surface area contributed by atoms with Gasteiger partial charge in [-0.3, -0.25) is 9.69 Å². The molecule has 0 bridgehead atoms. The second kappa shape index (κ2) is 8.06. The Labute approximate surface area is 181 Å². The number of nitrogens with one attached hydrogen (secondary N) is 1. The Balaban J connectivity index is 1.63. The lowest BCUT2D eigenvalue weighted by molar-refractivity contribution is -0.140. The van der Waals surface area contributed by atoms with E-state index in [1.165, 1.54) is 25.3 Å². The molecule has 3 aromatic rings. The number of amides is 3. The molecule has 10 nitrogen and oxygen atoms in total. The number of nitrogens with zero attached hydrogens (tertiary/aromatic N) is 2. The SMILES string of the molecule is COC(=O)c1ccc(CN2C(=O)NC(=Cc3cn(C(C)C(=O)O)c4ccccc34)C2=O)o1. The van der Waals surface area contributed by atoms with Crippen LogP contribution < -0.4 is 5.32 Å². The molecule has 32 heavy (non-hydrogen) atoms. The topological polar surface area (TPSA) is 131 Å². The Bertz CT molecular complexity index is 1280. The normalized spacial score (nSPS) is 15.9. The first-order chi connectivity index (χ1) is 15.3. The molecule has 0 aliphatic carbocycles. The molecule has 1 aliphatic rings. The first-order valence-electron chi connectivity index (χ1n) is 9.64. The summed E-state index contributed by atoms with van der Waals surface area (Å²) in [5, 5.41) is 12.7. The molecule has 2 N–H and O–H groups in total. The highest BCUT2D eigenvalue weighted by atomic mass is 16.5. The Morgan fingerprint density at radius 2 is 1.97 bits per heavy atom. The molecular weight excluding hydrogens is 418 g/mol. The fourth-order valence-electron chi connectivity index (χ4n) is 3.49. The van der Waals surface area contributed by atoms with Crippen molar-refractivity contribution in [2.45, 2.75) is 19.5 Å². The quantitative estimate of drug-likeness (QED) is 0.344. The maximum atomic E-state index is 12.8. The van der Waals surface area contributed by atoms with Gasteiger partial charge in [-0.2, -0.15) is 0 Å². The summed E-state index contributed by atoms with van der Waals surface area (Å²) in [6, 6.07) is 8.61. The van der Waals surface area contributed by atoms with Crippen molar-refractivity contribution in [3.8, 4) is 0 Å². The minimum absolute atomic E-state index is 0.0364. The molecule has 1 fully saturated rings. The zero-order valence-electron chi connectivity index (χ0n) is 17.2. The highest BCUT2D eigenvalue weighted by molar-refractivity contribution is 6.14. The van der Waals surface area contributed by atoms with Gasteiger partial charge in [-0.05, 0) is 31.2 Å². The van der Waals surface area contributed by atoms with E-state index in [4.69, 9.17) is 4.42 Å². The molecule has 4 rings (SSSR count). The number of aromatic nitrogens is 1. The summed E-state index contributed by atoms with van der Waals surface area (Å²) in [5.74, 6) is -2.03. The number of carbonyl (C=O) groups is 4. The standard InChI is InChI=1S/C22H19N3O7/c1-12(20(27)28)24-10-13(15-5-3-4-6-17(15)24)9-16-19(26)25(22(30)23-16)11-14-7-8-18(32-14)21(29)31-2/h3-10,12H,11H2,1-2H3,(H,23,30)(H,27,28). The van der Waals surface area contributed by atoms with Crippen molar-refractivity contribution >= 4 is 40.9 Å². The van der Waals surface area contributed by atoms with Gasteiger partial charge in [0.2, 0.25) is 5.76 Å². The van der Waals surface area contributed by atoms with Crippen molar-refractivity contribution < 1.29 is 33.4 Å². The van der Waals surface area contributed by atoms with Gasteiger partial charge in [-0.25, -0.2) is 14.4 Å². The number of fused-ring (bicyclic) bond motifs is 1. The van der Waals surface area contributed by atoms with Crippen LogP contribution in [-0.2, 0) is 20.9 Å². The minimum atomic E-state index is -0.994. The molecule has 164 valence electrons. The lowest BCUT2D eigenvalue weighted by Crippen LogP contribution is -2.30. The van der Waals surface area contributed by atoms with Crippen molar-refractivity contribution in [3.63, 3.8) is 0 Å². The van der Waals surface area contributed by atoms with Crippen LogP contribution in [0.25, 0.3) is 17.0 Å². The lowest BCUT2D eigenvalue weighted by atomic mass is 10.1. The van der Waals surface area contributed by atoms with E-state index >= 15 is 0 Å². The van der Waals surface area contributed by atoms with E-state index in [1.807, 2.05) is 6.07 Å². The van der Waals surface area contributed by atoms with Crippen LogP contribution in [0, 0.1) is 0 Å². The monoisotopic (exact) mass is 437 g/mol. The van der Waals surface area contributed by atoms with Crippen molar-refractivity contribution in [2.24, 2.45) is 0 Å². The van der Waals surface area contributed by atoms with E-state index in [9.17, 15) is 24.3 Å². The summed E-state index contributed by atoms with van der Waals surface area (Å²) in [5.41, 5.74) is 1.32. The minimum Gasteiger partial charge on any atom is -0.480 e. The van der Waals surface area contributed by atoms with Gasteiger partial charge in [-0.1, -0.05) is 18.2 Å². The Hall–Kier alpha value is -4.34. The molecule has 0 saturated carbocycles. The molecule has 3 heterocycles. The van der Waals surface area contributed by atoms with Gasteiger partial charge in [0.25, 0.3) is 5.91 Å². The molecular formula is C22H19N3O7. The van der Waals surface area contributed by atoms with Crippen molar-refractivity contribution in [1.29, 1.82) is 0 Å². The summed E-state index contributed by atoms with van der Waals surface area (Å²) >= 11 is 0. The van der Waals surface area contributed by atoms with Crippen LogP contribution in [0.1, 0.15) is 34.8 Å². The number of aliphatic carboxylic acids is 1. The van der Waals surface area contributed by atoms with E-state index in [1.54, 1.807) is 35.9 Å². The van der Waals surface area contributed by atoms with E-state index in [-0.39, 0.29) is 23.8 Å². The number of ether oxygens (including phenoxy) is 1. The van der Waals surface area contributed by atoms with E-state index in [0.717, 1.165) is 10.3 Å². The number of benzene rings is 1. The van der Waals surface area contributed by atoms with E-state index < -0.39 is 29.9 Å². The molecule has 2 aromatic heterocycles. The first kappa shape index (κ1) is 20.9. The third kappa shape index (κ3) is 3.62. The van der Waals surface area contributed by atoms with Crippen LogP contribution in [-0.4, -0.2) is 45.6 Å². The molecule has 1 aliphatic heterocycles. The third-order valence-electron chi connectivity index (χ3n) is 5.17. The van der Waals surface area contributed by atoms with Gasteiger partial charge in [0, 0.05) is 22.7 Å². The number of furan rings is 1. The van der Waals surface area contributed by atoms with Gasteiger partial charge in [0.15, 0.2) is 0 Å². The number of carbonyl (C=O) groups excluding carboxylic acids is 3. The third-order valence-corrected chi connectivity index (χ3v) is 5.17. The summed E-state index contributed by atoms with van der Waals surface area (Å²) in [7, 11) is 1.22. The lowest BCUT2D eigenvalue weighted by Gasteiger charge is -2.09. The number of rotatable bonds is 6. The molecule has 1 saturated heterocycles. The van der Waals surface area contributed by atoms with Crippen LogP contribution >= 0.6 is 0 Å². The van der Waals surface area contributed by atoms with Crippen molar-refractivity contribution in [1.82, 2.24) is 14.8 Å². The van der Waals surface area contributed by atoms with Gasteiger partial charge >= 0.3 is 18.0 Å². The molecule has 1 atom stereocenters. The van der Waals surface area contributed by atoms with Gasteiger partial charge in [0.1, 0.15) is 17.5 Å². The summed E-state index contributed by atoms with van der Waals surface area (Å²) in [6.07, 6.45) is 3.14.